The maximum Gasteiger partial charge on any atom is 0.0797 e. The lowest BCUT2D eigenvalue weighted by molar-refractivity contribution is 0.145. The van der Waals surface area contributed by atoms with E-state index in [9.17, 15) is 5.11 Å². The smallest absolute Gasteiger partial charge is 0.0797 e. The number of aliphatic hydroxyl groups is 1. The van der Waals surface area contributed by atoms with Crippen LogP contribution in [-0.2, 0) is 0 Å². The van der Waals surface area contributed by atoms with Gasteiger partial charge in [-0.2, -0.15) is 0 Å². The van der Waals surface area contributed by atoms with Crippen molar-refractivity contribution in [1.82, 2.24) is 4.90 Å². The van der Waals surface area contributed by atoms with E-state index in [-0.39, 0.29) is 6.10 Å². The summed E-state index contributed by atoms with van der Waals surface area (Å²) < 4.78 is 0. The largest absolute Gasteiger partial charge is 0.404 e. The summed E-state index contributed by atoms with van der Waals surface area (Å²) in [4.78, 5) is 2.33. The van der Waals surface area contributed by atoms with Crippen LogP contribution in [0.25, 0.3) is 0 Å². The number of hydrogen-bond acceptors (Lipinski definition) is 3. The molecule has 2 rings (SSSR count). The molecule has 1 heterocycles. The molecule has 0 aromatic heterocycles. The number of hydrogen-bond donors (Lipinski definition) is 2. The topological polar surface area (TPSA) is 49.5 Å². The molecule has 0 bridgehead atoms. The molecular weight excluding hydrogens is 200 g/mol. The predicted molar refractivity (Wildman–Crippen MR) is 65.7 cm³/mol. The fourth-order valence-electron chi connectivity index (χ4n) is 3.07. The van der Waals surface area contributed by atoms with Crippen molar-refractivity contribution in [2.45, 2.75) is 25.0 Å². The van der Waals surface area contributed by atoms with Crippen molar-refractivity contribution in [2.24, 2.45) is 11.7 Å². The molecule has 0 amide bonds. The molecular formula is C13H20N2O. The van der Waals surface area contributed by atoms with Gasteiger partial charge in [0.05, 0.1) is 6.10 Å². The first kappa shape index (κ1) is 11.4. The average molecular weight is 220 g/mol. The molecule has 1 aliphatic heterocycles. The number of fused-ring (bicyclic) bond motifs is 1. The van der Waals surface area contributed by atoms with Crippen LogP contribution in [0.3, 0.4) is 0 Å². The Bertz CT molecular complexity index is 346. The van der Waals surface area contributed by atoms with Gasteiger partial charge in [-0.15, -0.1) is 0 Å². The van der Waals surface area contributed by atoms with Crippen LogP contribution in [0.15, 0.2) is 36.1 Å². The van der Waals surface area contributed by atoms with Crippen molar-refractivity contribution in [3.63, 3.8) is 0 Å². The molecule has 88 valence electrons. The zero-order chi connectivity index (χ0) is 11.7. The van der Waals surface area contributed by atoms with E-state index in [0.29, 0.717) is 12.0 Å². The molecule has 3 atom stereocenters. The third-order valence-electron chi connectivity index (χ3n) is 3.79. The first-order chi connectivity index (χ1) is 7.69. The Kier molecular flexibility index (Phi) is 3.17. The first-order valence-electron chi connectivity index (χ1n) is 5.82. The van der Waals surface area contributed by atoms with Gasteiger partial charge in [0, 0.05) is 6.04 Å². The third-order valence-corrected chi connectivity index (χ3v) is 3.79. The Morgan fingerprint density at radius 2 is 2.25 bits per heavy atom. The van der Waals surface area contributed by atoms with Gasteiger partial charge in [0.15, 0.2) is 0 Å². The lowest BCUT2D eigenvalue weighted by atomic mass is 9.76. The second-order valence-corrected chi connectivity index (χ2v) is 4.71. The second-order valence-electron chi connectivity index (χ2n) is 4.71. The highest BCUT2D eigenvalue weighted by Crippen LogP contribution is 2.41. The van der Waals surface area contributed by atoms with Crippen LogP contribution in [0.2, 0.25) is 0 Å². The molecule has 2 fully saturated rings. The van der Waals surface area contributed by atoms with Crippen LogP contribution in [0.5, 0.6) is 0 Å². The van der Waals surface area contributed by atoms with Crippen molar-refractivity contribution in [3.8, 4) is 0 Å². The molecule has 16 heavy (non-hydrogen) atoms. The summed E-state index contributed by atoms with van der Waals surface area (Å²) >= 11 is 0. The van der Waals surface area contributed by atoms with Gasteiger partial charge >= 0.3 is 0 Å². The zero-order valence-corrected chi connectivity index (χ0v) is 9.76. The summed E-state index contributed by atoms with van der Waals surface area (Å²) in [5.41, 5.74) is 7.74. The lowest BCUT2D eigenvalue weighted by Crippen LogP contribution is -2.40. The van der Waals surface area contributed by atoms with E-state index in [1.54, 1.807) is 12.3 Å². The fraction of sp³-hybridized carbons (Fsp3) is 0.538. The maximum atomic E-state index is 10.1. The van der Waals surface area contributed by atoms with Gasteiger partial charge in [0.1, 0.15) is 0 Å². The molecule has 0 radical (unpaired) electrons. The van der Waals surface area contributed by atoms with E-state index < -0.39 is 0 Å². The highest BCUT2D eigenvalue weighted by atomic mass is 16.3. The van der Waals surface area contributed by atoms with Crippen LogP contribution in [0, 0.1) is 5.92 Å². The average Bonchev–Trinajstić information content (AvgIpc) is 2.62. The molecule has 1 saturated carbocycles. The minimum Gasteiger partial charge on any atom is -0.404 e. The summed E-state index contributed by atoms with van der Waals surface area (Å²) in [5.74, 6) is 0.539. The van der Waals surface area contributed by atoms with Crippen molar-refractivity contribution in [3.05, 3.63) is 36.1 Å². The first-order valence-corrected chi connectivity index (χ1v) is 5.82. The number of likely N-dealkylation sites (tertiary alicyclic amines) is 1. The van der Waals surface area contributed by atoms with Crippen LogP contribution in [0.4, 0.5) is 0 Å². The number of nitrogens with two attached hydrogens (primary N) is 1. The van der Waals surface area contributed by atoms with E-state index >= 15 is 0 Å². The maximum absolute atomic E-state index is 10.1. The molecule has 1 aliphatic carbocycles. The summed E-state index contributed by atoms with van der Waals surface area (Å²) in [6.45, 7) is 4.78. The molecule has 0 aromatic carbocycles. The molecule has 3 nitrogen and oxygen atoms in total. The Morgan fingerprint density at radius 1 is 1.50 bits per heavy atom. The van der Waals surface area contributed by atoms with E-state index in [1.807, 2.05) is 6.08 Å². The Balaban J connectivity index is 2.37. The van der Waals surface area contributed by atoms with Crippen LogP contribution >= 0.6 is 0 Å². The summed E-state index contributed by atoms with van der Waals surface area (Å²) in [5, 5.41) is 10.1. The van der Waals surface area contributed by atoms with Crippen molar-refractivity contribution in [1.29, 1.82) is 0 Å². The molecule has 0 aromatic rings. The molecule has 0 spiro atoms. The van der Waals surface area contributed by atoms with Crippen molar-refractivity contribution < 1.29 is 5.11 Å². The quantitative estimate of drug-likeness (QED) is 0.694. The molecule has 1 saturated heterocycles. The van der Waals surface area contributed by atoms with E-state index in [1.165, 1.54) is 0 Å². The fourth-order valence-corrected chi connectivity index (χ4v) is 3.07. The third kappa shape index (κ3) is 1.70. The van der Waals surface area contributed by atoms with Crippen LogP contribution in [-0.4, -0.2) is 35.7 Å². The number of likely N-dealkylation sites (N-methyl/N-ethyl adjacent to an activating group) is 1. The van der Waals surface area contributed by atoms with Crippen molar-refractivity contribution in [2.75, 3.05) is 13.6 Å². The lowest BCUT2D eigenvalue weighted by Gasteiger charge is -2.36. The minimum atomic E-state index is -0.388. The van der Waals surface area contributed by atoms with Gasteiger partial charge in [0.2, 0.25) is 0 Å². The van der Waals surface area contributed by atoms with E-state index in [2.05, 4.69) is 18.5 Å². The van der Waals surface area contributed by atoms with Crippen LogP contribution < -0.4 is 5.73 Å². The van der Waals surface area contributed by atoms with E-state index in [4.69, 9.17) is 5.73 Å². The number of allylic oxidation sites excluding steroid dienone is 2. The molecule has 3 N–H and O–H groups in total. The SMILES string of the molecule is C=CC=C1/C(=C\N)C2C(CCN2C)CC1O. The highest BCUT2D eigenvalue weighted by Gasteiger charge is 2.41. The number of rotatable bonds is 1. The highest BCUT2D eigenvalue weighted by molar-refractivity contribution is 5.43. The molecule has 3 unspecified atom stereocenters. The monoisotopic (exact) mass is 220 g/mol. The molecule has 3 heteroatoms. The van der Waals surface area contributed by atoms with Gasteiger partial charge in [-0.3, -0.25) is 4.90 Å². The van der Waals surface area contributed by atoms with Crippen molar-refractivity contribution >= 4 is 0 Å². The van der Waals surface area contributed by atoms with Gasteiger partial charge in [-0.25, -0.2) is 0 Å². The normalized spacial score (nSPS) is 40.2. The Hall–Kier alpha value is -1.06. The predicted octanol–water partition coefficient (Wildman–Crippen LogP) is 1.03. The van der Waals surface area contributed by atoms with Gasteiger partial charge in [0.25, 0.3) is 0 Å². The Morgan fingerprint density at radius 3 is 2.88 bits per heavy atom. The van der Waals surface area contributed by atoms with Crippen LogP contribution in [0.1, 0.15) is 12.8 Å². The standard InChI is InChI=1S/C13H20N2O/c1-3-4-10-11(8-14)13-9(7-12(10)16)5-6-15(13)2/h3-4,8-9,12-13,16H,1,5-7,14H2,2H3/b10-4?,11-8+. The Labute approximate surface area is 96.9 Å². The summed E-state index contributed by atoms with van der Waals surface area (Å²) in [6, 6.07) is 0.375. The van der Waals surface area contributed by atoms with Gasteiger partial charge in [-0.05, 0) is 49.7 Å². The minimum absolute atomic E-state index is 0.375. The van der Waals surface area contributed by atoms with E-state index in [0.717, 1.165) is 30.5 Å². The second kappa shape index (κ2) is 4.44. The summed E-state index contributed by atoms with van der Waals surface area (Å²) in [7, 11) is 2.12. The number of nitrogens with zero attached hydrogens (tertiary/aromatic N) is 1. The molecule has 2 aliphatic rings. The van der Waals surface area contributed by atoms with Gasteiger partial charge < -0.3 is 10.8 Å². The zero-order valence-electron chi connectivity index (χ0n) is 9.76. The number of aliphatic hydroxyl groups excluding tert-OH is 1. The summed E-state index contributed by atoms with van der Waals surface area (Å²) in [6.07, 6.45) is 6.85. The van der Waals surface area contributed by atoms with Gasteiger partial charge in [-0.1, -0.05) is 18.7 Å².